The maximum atomic E-state index is 12.7. The van der Waals surface area contributed by atoms with Crippen LogP contribution in [0.25, 0.3) is 10.9 Å². The highest BCUT2D eigenvalue weighted by Gasteiger charge is 2.26. The van der Waals surface area contributed by atoms with Crippen molar-refractivity contribution in [1.29, 1.82) is 0 Å². The van der Waals surface area contributed by atoms with Crippen molar-refractivity contribution < 1.29 is 19.4 Å². The monoisotopic (exact) mass is 408 g/mol. The number of carbonyl (C=O) groups is 1. The number of aromatic hydroxyl groups is 1. The number of methoxy groups -OCH3 is 1. The summed E-state index contributed by atoms with van der Waals surface area (Å²) in [4.78, 5) is 15.0. The lowest BCUT2D eigenvalue weighted by atomic mass is 9.97. The summed E-state index contributed by atoms with van der Waals surface area (Å²) in [5, 5.41) is 11.5. The van der Waals surface area contributed by atoms with Crippen molar-refractivity contribution >= 4 is 16.9 Å². The second-order valence-electron chi connectivity index (χ2n) is 7.79. The highest BCUT2D eigenvalue weighted by Crippen LogP contribution is 2.35. The molecule has 4 rings (SSSR count). The van der Waals surface area contributed by atoms with Crippen molar-refractivity contribution in [1.82, 2.24) is 9.47 Å². The molecule has 0 fully saturated rings. The number of carbonyl (C=O) groups excluding carboxylic acids is 1. The van der Waals surface area contributed by atoms with Gasteiger partial charge in [-0.3, -0.25) is 4.90 Å². The van der Waals surface area contributed by atoms with Gasteiger partial charge in [0.1, 0.15) is 11.5 Å². The summed E-state index contributed by atoms with van der Waals surface area (Å²) in [7, 11) is 3.62. The quantitative estimate of drug-likeness (QED) is 0.648. The average Bonchev–Trinajstić information content (AvgIpc) is 3.00. The molecule has 2 aromatic carbocycles. The number of hydrogen-bond donors (Lipinski definition) is 1. The minimum atomic E-state index is -0.344. The van der Waals surface area contributed by atoms with Gasteiger partial charge in [0.25, 0.3) is 0 Å². The van der Waals surface area contributed by atoms with E-state index in [1.165, 1.54) is 11.1 Å². The summed E-state index contributed by atoms with van der Waals surface area (Å²) in [6, 6.07) is 9.78. The Morgan fingerprint density at radius 3 is 2.73 bits per heavy atom. The van der Waals surface area contributed by atoms with Crippen molar-refractivity contribution in [2.24, 2.45) is 7.05 Å². The van der Waals surface area contributed by atoms with Crippen LogP contribution in [-0.2, 0) is 31.3 Å². The van der Waals surface area contributed by atoms with Crippen LogP contribution in [0.3, 0.4) is 0 Å². The predicted octanol–water partition coefficient (Wildman–Crippen LogP) is 3.94. The van der Waals surface area contributed by atoms with Crippen LogP contribution in [0.4, 0.5) is 0 Å². The van der Waals surface area contributed by atoms with E-state index in [2.05, 4.69) is 17.0 Å². The number of phenols is 1. The molecule has 0 amide bonds. The molecule has 1 N–H and O–H groups in total. The first kappa shape index (κ1) is 20.3. The average molecular weight is 408 g/mol. The number of aryl methyl sites for hydroxylation is 1. The molecule has 6 nitrogen and oxygen atoms in total. The van der Waals surface area contributed by atoms with E-state index in [1.54, 1.807) is 20.1 Å². The number of rotatable bonds is 5. The minimum Gasteiger partial charge on any atom is -0.508 e. The van der Waals surface area contributed by atoms with E-state index in [0.717, 1.165) is 47.4 Å². The second kappa shape index (κ2) is 8.03. The molecule has 0 unspecified atom stereocenters. The molecule has 3 aromatic rings. The van der Waals surface area contributed by atoms with Crippen LogP contribution in [0.5, 0.6) is 11.5 Å². The van der Waals surface area contributed by atoms with E-state index < -0.39 is 0 Å². The number of phenolic OH excluding ortho intramolecular Hbond substituents is 1. The third-order valence-corrected chi connectivity index (χ3v) is 6.11. The van der Waals surface area contributed by atoms with Gasteiger partial charge < -0.3 is 19.1 Å². The van der Waals surface area contributed by atoms with Crippen LogP contribution in [-0.4, -0.2) is 40.8 Å². The third kappa shape index (κ3) is 3.41. The van der Waals surface area contributed by atoms with Gasteiger partial charge in [-0.15, -0.1) is 0 Å². The SMILES string of the molecule is CCOC(=O)c1c(C)n(C)c2ccc(O)c(CN3CCc4cc(OC)ccc4C3)c12. The largest absolute Gasteiger partial charge is 0.508 e. The molecule has 0 radical (unpaired) electrons. The lowest BCUT2D eigenvalue weighted by Crippen LogP contribution is -2.30. The van der Waals surface area contributed by atoms with Gasteiger partial charge in [-0.05, 0) is 55.7 Å². The van der Waals surface area contributed by atoms with Gasteiger partial charge in [-0.1, -0.05) is 6.07 Å². The van der Waals surface area contributed by atoms with Crippen LogP contribution < -0.4 is 4.74 Å². The molecular formula is C24H28N2O4. The number of fused-ring (bicyclic) bond motifs is 2. The van der Waals surface area contributed by atoms with Crippen molar-refractivity contribution in [3.63, 3.8) is 0 Å². The van der Waals surface area contributed by atoms with Crippen molar-refractivity contribution in [2.45, 2.75) is 33.4 Å². The Morgan fingerprint density at radius 1 is 1.20 bits per heavy atom. The van der Waals surface area contributed by atoms with Gasteiger partial charge in [0.2, 0.25) is 0 Å². The van der Waals surface area contributed by atoms with Gasteiger partial charge in [0, 0.05) is 48.8 Å². The summed E-state index contributed by atoms with van der Waals surface area (Å²) in [5.41, 5.74) is 5.65. The molecule has 158 valence electrons. The zero-order chi connectivity index (χ0) is 21.4. The standard InChI is InChI=1S/C24H28N2O4/c1-5-30-24(28)22-15(2)25(3)20-8-9-21(27)19(23(20)22)14-26-11-10-16-12-18(29-4)7-6-17(16)13-26/h6-9,12,27H,5,10-11,13-14H2,1-4H3. The molecule has 1 aliphatic heterocycles. The van der Waals surface area contributed by atoms with E-state index in [4.69, 9.17) is 9.47 Å². The smallest absolute Gasteiger partial charge is 0.340 e. The van der Waals surface area contributed by atoms with E-state index in [0.29, 0.717) is 18.7 Å². The maximum absolute atomic E-state index is 12.7. The summed E-state index contributed by atoms with van der Waals surface area (Å²) < 4.78 is 12.7. The highest BCUT2D eigenvalue weighted by atomic mass is 16.5. The van der Waals surface area contributed by atoms with Crippen LogP contribution >= 0.6 is 0 Å². The fourth-order valence-corrected chi connectivity index (χ4v) is 4.40. The van der Waals surface area contributed by atoms with Gasteiger partial charge >= 0.3 is 5.97 Å². The molecule has 6 heteroatoms. The Balaban J connectivity index is 1.73. The maximum Gasteiger partial charge on any atom is 0.340 e. The molecule has 0 spiro atoms. The molecule has 0 saturated heterocycles. The zero-order valence-corrected chi connectivity index (χ0v) is 18.0. The van der Waals surface area contributed by atoms with Crippen LogP contribution in [0.2, 0.25) is 0 Å². The molecule has 0 saturated carbocycles. The number of aromatic nitrogens is 1. The van der Waals surface area contributed by atoms with E-state index in [1.807, 2.05) is 30.7 Å². The van der Waals surface area contributed by atoms with Crippen LogP contribution in [0.1, 0.15) is 39.7 Å². The number of benzene rings is 2. The summed E-state index contributed by atoms with van der Waals surface area (Å²) >= 11 is 0. The van der Waals surface area contributed by atoms with E-state index >= 15 is 0 Å². The van der Waals surface area contributed by atoms with Crippen molar-refractivity contribution in [3.05, 3.63) is 58.3 Å². The number of ether oxygens (including phenoxy) is 2. The molecule has 0 atom stereocenters. The van der Waals surface area contributed by atoms with Gasteiger partial charge in [0.15, 0.2) is 0 Å². The van der Waals surface area contributed by atoms with Crippen LogP contribution in [0, 0.1) is 6.92 Å². The Morgan fingerprint density at radius 2 is 2.00 bits per heavy atom. The predicted molar refractivity (Wildman–Crippen MR) is 116 cm³/mol. The summed E-state index contributed by atoms with van der Waals surface area (Å²) in [5.74, 6) is 0.742. The van der Waals surface area contributed by atoms with E-state index in [9.17, 15) is 9.90 Å². The zero-order valence-electron chi connectivity index (χ0n) is 18.0. The normalized spacial score (nSPS) is 14.0. The number of esters is 1. The lowest BCUT2D eigenvalue weighted by molar-refractivity contribution is 0.0527. The van der Waals surface area contributed by atoms with Crippen molar-refractivity contribution in [3.8, 4) is 11.5 Å². The van der Waals surface area contributed by atoms with Gasteiger partial charge in [-0.25, -0.2) is 4.79 Å². The van der Waals surface area contributed by atoms with Gasteiger partial charge in [0.05, 0.1) is 19.3 Å². The van der Waals surface area contributed by atoms with Crippen LogP contribution in [0.15, 0.2) is 30.3 Å². The van der Waals surface area contributed by atoms with Gasteiger partial charge in [-0.2, -0.15) is 0 Å². The fraction of sp³-hybridized carbons (Fsp3) is 0.375. The molecule has 1 aliphatic rings. The molecule has 0 bridgehead atoms. The fourth-order valence-electron chi connectivity index (χ4n) is 4.40. The molecular weight excluding hydrogens is 380 g/mol. The molecule has 2 heterocycles. The number of hydrogen-bond acceptors (Lipinski definition) is 5. The highest BCUT2D eigenvalue weighted by molar-refractivity contribution is 6.07. The first-order valence-corrected chi connectivity index (χ1v) is 10.3. The summed E-state index contributed by atoms with van der Waals surface area (Å²) in [6.07, 6.45) is 0.918. The lowest BCUT2D eigenvalue weighted by Gasteiger charge is -2.29. The first-order chi connectivity index (χ1) is 14.4. The molecule has 1 aromatic heterocycles. The Labute approximate surface area is 176 Å². The Hall–Kier alpha value is -2.99. The summed E-state index contributed by atoms with van der Waals surface area (Å²) in [6.45, 7) is 6.25. The Bertz CT molecular complexity index is 1120. The second-order valence-corrected chi connectivity index (χ2v) is 7.79. The molecule has 0 aliphatic carbocycles. The topological polar surface area (TPSA) is 63.9 Å². The first-order valence-electron chi connectivity index (χ1n) is 10.3. The Kier molecular flexibility index (Phi) is 5.43. The van der Waals surface area contributed by atoms with E-state index in [-0.39, 0.29) is 11.7 Å². The minimum absolute atomic E-state index is 0.208. The number of nitrogens with zero attached hydrogens (tertiary/aromatic N) is 2. The molecule has 30 heavy (non-hydrogen) atoms. The van der Waals surface area contributed by atoms with Crippen molar-refractivity contribution in [2.75, 3.05) is 20.3 Å². The third-order valence-electron chi connectivity index (χ3n) is 6.11.